The van der Waals surface area contributed by atoms with Crippen LogP contribution in [0.1, 0.15) is 28.8 Å². The van der Waals surface area contributed by atoms with Gasteiger partial charge in [-0.2, -0.15) is 0 Å². The van der Waals surface area contributed by atoms with Crippen LogP contribution in [0.4, 0.5) is 0 Å². The number of benzene rings is 2. The molecule has 0 heterocycles. The van der Waals surface area contributed by atoms with Crippen LogP contribution in [0.2, 0.25) is 0 Å². The van der Waals surface area contributed by atoms with Gasteiger partial charge in [-0.3, -0.25) is 4.79 Å². The number of hydrogen-bond donors (Lipinski definition) is 1. The summed E-state index contributed by atoms with van der Waals surface area (Å²) in [6, 6.07) is 13.2. The number of rotatable bonds is 9. The number of para-hydroxylation sites is 1. The summed E-state index contributed by atoms with van der Waals surface area (Å²) in [4.78, 5) is 12.2. The third kappa shape index (κ3) is 5.14. The summed E-state index contributed by atoms with van der Waals surface area (Å²) in [5.74, 6) is 1.96. The lowest BCUT2D eigenvalue weighted by Gasteiger charge is -2.10. The van der Waals surface area contributed by atoms with Gasteiger partial charge in [0.2, 0.25) is 0 Å². The molecule has 0 atom stereocenters. The van der Waals surface area contributed by atoms with Crippen LogP contribution < -0.4 is 19.5 Å². The number of methoxy groups -OCH3 is 3. The third-order valence-corrected chi connectivity index (χ3v) is 4.00. The van der Waals surface area contributed by atoms with E-state index in [2.05, 4.69) is 11.4 Å². The van der Waals surface area contributed by atoms with Gasteiger partial charge in [0.25, 0.3) is 5.91 Å². The summed E-state index contributed by atoms with van der Waals surface area (Å²) in [7, 11) is 4.80. The molecule has 0 aliphatic carbocycles. The van der Waals surface area contributed by atoms with Gasteiger partial charge in [0.05, 0.1) is 21.3 Å². The Balaban J connectivity index is 1.79. The second-order valence-electron chi connectivity index (χ2n) is 5.59. The summed E-state index contributed by atoms with van der Waals surface area (Å²) in [5, 5.41) is 2.94. The summed E-state index contributed by atoms with van der Waals surface area (Å²) in [6.07, 6.45) is 2.81. The molecule has 2 rings (SSSR count). The van der Waals surface area contributed by atoms with E-state index < -0.39 is 0 Å². The highest BCUT2D eigenvalue weighted by Crippen LogP contribution is 2.27. The molecule has 2 aromatic rings. The van der Waals surface area contributed by atoms with Crippen molar-refractivity contribution in [2.75, 3.05) is 27.9 Å². The van der Waals surface area contributed by atoms with E-state index >= 15 is 0 Å². The molecule has 0 spiro atoms. The van der Waals surface area contributed by atoms with Crippen molar-refractivity contribution in [3.63, 3.8) is 0 Å². The standard InChI is InChI=1S/C20H25NO4/c1-23-17-10-5-4-8-15(17)9-6-7-13-21-20(22)16-11-12-18(24-2)19(14-16)25-3/h4-5,8,10-12,14H,6-7,9,13H2,1-3H3,(H,21,22). The first-order valence-corrected chi connectivity index (χ1v) is 8.31. The Morgan fingerprint density at radius 3 is 2.32 bits per heavy atom. The van der Waals surface area contributed by atoms with Crippen LogP contribution in [-0.4, -0.2) is 33.8 Å². The molecule has 1 N–H and O–H groups in total. The zero-order chi connectivity index (χ0) is 18.1. The topological polar surface area (TPSA) is 56.8 Å². The number of hydrogen-bond acceptors (Lipinski definition) is 4. The van der Waals surface area contributed by atoms with Crippen molar-refractivity contribution in [1.82, 2.24) is 5.32 Å². The van der Waals surface area contributed by atoms with Crippen molar-refractivity contribution in [3.05, 3.63) is 53.6 Å². The van der Waals surface area contributed by atoms with Gasteiger partial charge < -0.3 is 19.5 Å². The highest BCUT2D eigenvalue weighted by Gasteiger charge is 2.10. The molecule has 0 saturated heterocycles. The lowest BCUT2D eigenvalue weighted by atomic mass is 10.1. The molecule has 25 heavy (non-hydrogen) atoms. The van der Waals surface area contributed by atoms with Crippen molar-refractivity contribution < 1.29 is 19.0 Å². The lowest BCUT2D eigenvalue weighted by Crippen LogP contribution is -2.24. The van der Waals surface area contributed by atoms with Crippen molar-refractivity contribution >= 4 is 5.91 Å². The van der Waals surface area contributed by atoms with E-state index in [-0.39, 0.29) is 5.91 Å². The number of amides is 1. The molecule has 0 bridgehead atoms. The lowest BCUT2D eigenvalue weighted by molar-refractivity contribution is 0.0952. The van der Waals surface area contributed by atoms with E-state index in [1.807, 2.05) is 18.2 Å². The molecule has 134 valence electrons. The van der Waals surface area contributed by atoms with Crippen molar-refractivity contribution in [1.29, 1.82) is 0 Å². The monoisotopic (exact) mass is 343 g/mol. The molecule has 0 aromatic heterocycles. The van der Waals surface area contributed by atoms with E-state index in [0.29, 0.717) is 23.6 Å². The van der Waals surface area contributed by atoms with Gasteiger partial charge in [-0.25, -0.2) is 0 Å². The van der Waals surface area contributed by atoms with E-state index in [1.165, 1.54) is 5.56 Å². The Morgan fingerprint density at radius 1 is 0.880 bits per heavy atom. The number of carbonyl (C=O) groups is 1. The maximum absolute atomic E-state index is 12.2. The third-order valence-electron chi connectivity index (χ3n) is 4.00. The summed E-state index contributed by atoms with van der Waals surface area (Å²) < 4.78 is 15.7. The van der Waals surface area contributed by atoms with Crippen molar-refractivity contribution in [2.24, 2.45) is 0 Å². The van der Waals surface area contributed by atoms with Crippen LogP contribution in [0.5, 0.6) is 17.2 Å². The van der Waals surface area contributed by atoms with Crippen molar-refractivity contribution in [2.45, 2.75) is 19.3 Å². The predicted octanol–water partition coefficient (Wildman–Crippen LogP) is 3.47. The summed E-state index contributed by atoms with van der Waals surface area (Å²) in [6.45, 7) is 0.627. The van der Waals surface area contributed by atoms with E-state index in [4.69, 9.17) is 14.2 Å². The van der Waals surface area contributed by atoms with Gasteiger partial charge in [-0.15, -0.1) is 0 Å². The second kappa shape index (κ2) is 9.57. The molecule has 0 fully saturated rings. The SMILES string of the molecule is COc1ccccc1CCCCNC(=O)c1ccc(OC)c(OC)c1. The van der Waals surface area contributed by atoms with Gasteiger partial charge in [-0.05, 0) is 49.1 Å². The maximum Gasteiger partial charge on any atom is 0.251 e. The van der Waals surface area contributed by atoms with E-state index in [1.54, 1.807) is 39.5 Å². The van der Waals surface area contributed by atoms with Crippen LogP contribution in [0.15, 0.2) is 42.5 Å². The van der Waals surface area contributed by atoms with E-state index in [0.717, 1.165) is 25.0 Å². The Kier molecular flexibility index (Phi) is 7.14. The first-order chi connectivity index (χ1) is 12.2. The first kappa shape index (κ1) is 18.6. The number of aryl methyl sites for hydroxylation is 1. The molecular formula is C20H25NO4. The fourth-order valence-electron chi connectivity index (χ4n) is 2.63. The maximum atomic E-state index is 12.2. The Morgan fingerprint density at radius 2 is 1.60 bits per heavy atom. The molecule has 0 unspecified atom stereocenters. The Bertz CT molecular complexity index is 700. The van der Waals surface area contributed by atoms with Crippen LogP contribution in [0, 0.1) is 0 Å². The minimum absolute atomic E-state index is 0.113. The van der Waals surface area contributed by atoms with Crippen molar-refractivity contribution in [3.8, 4) is 17.2 Å². The molecular weight excluding hydrogens is 318 g/mol. The van der Waals surface area contributed by atoms with Gasteiger partial charge in [0.1, 0.15) is 5.75 Å². The van der Waals surface area contributed by atoms with Gasteiger partial charge in [-0.1, -0.05) is 18.2 Å². The molecule has 0 saturated carbocycles. The molecule has 0 aliphatic heterocycles. The van der Waals surface area contributed by atoms with Gasteiger partial charge in [0.15, 0.2) is 11.5 Å². The summed E-state index contributed by atoms with van der Waals surface area (Å²) in [5.41, 5.74) is 1.75. The number of carbonyl (C=O) groups excluding carboxylic acids is 1. The number of unbranched alkanes of at least 4 members (excludes halogenated alkanes) is 1. The van der Waals surface area contributed by atoms with Crippen LogP contribution in [0.3, 0.4) is 0 Å². The van der Waals surface area contributed by atoms with Gasteiger partial charge >= 0.3 is 0 Å². The molecule has 0 aliphatic rings. The Hall–Kier alpha value is -2.69. The smallest absolute Gasteiger partial charge is 0.251 e. The average molecular weight is 343 g/mol. The van der Waals surface area contributed by atoms with Crippen LogP contribution in [0.25, 0.3) is 0 Å². The molecule has 5 heteroatoms. The number of ether oxygens (including phenoxy) is 3. The fraction of sp³-hybridized carbons (Fsp3) is 0.350. The molecule has 5 nitrogen and oxygen atoms in total. The highest BCUT2D eigenvalue weighted by molar-refractivity contribution is 5.94. The average Bonchev–Trinajstić information content (AvgIpc) is 2.67. The van der Waals surface area contributed by atoms with E-state index in [9.17, 15) is 4.79 Å². The quantitative estimate of drug-likeness (QED) is 0.709. The zero-order valence-electron chi connectivity index (χ0n) is 15.0. The molecule has 0 radical (unpaired) electrons. The van der Waals surface area contributed by atoms with Crippen LogP contribution in [-0.2, 0) is 6.42 Å². The largest absolute Gasteiger partial charge is 0.496 e. The normalized spacial score (nSPS) is 10.2. The van der Waals surface area contributed by atoms with Crippen LogP contribution >= 0.6 is 0 Å². The zero-order valence-corrected chi connectivity index (χ0v) is 15.0. The minimum atomic E-state index is -0.113. The highest BCUT2D eigenvalue weighted by atomic mass is 16.5. The predicted molar refractivity (Wildman–Crippen MR) is 97.8 cm³/mol. The Labute approximate surface area is 148 Å². The van der Waals surface area contributed by atoms with Gasteiger partial charge in [0, 0.05) is 12.1 Å². The second-order valence-corrected chi connectivity index (χ2v) is 5.59. The molecule has 2 aromatic carbocycles. The first-order valence-electron chi connectivity index (χ1n) is 8.31. The fourth-order valence-corrected chi connectivity index (χ4v) is 2.63. The summed E-state index contributed by atoms with van der Waals surface area (Å²) >= 11 is 0. The minimum Gasteiger partial charge on any atom is -0.496 e. The number of nitrogens with one attached hydrogen (secondary N) is 1. The molecule has 1 amide bonds.